The van der Waals surface area contributed by atoms with E-state index in [1.54, 1.807) is 4.90 Å². The first kappa shape index (κ1) is 19.6. The fourth-order valence-electron chi connectivity index (χ4n) is 3.49. The molecule has 0 atom stereocenters. The third-order valence-electron chi connectivity index (χ3n) is 4.89. The second-order valence-corrected chi connectivity index (χ2v) is 7.32. The van der Waals surface area contributed by atoms with Crippen LogP contribution in [0.2, 0.25) is 0 Å². The molecule has 1 amide bonds. The Morgan fingerprint density at radius 1 is 0.933 bits per heavy atom. The van der Waals surface area contributed by atoms with Crippen molar-refractivity contribution in [3.05, 3.63) is 101 Å². The average Bonchev–Trinajstić information content (AvgIpc) is 3.06. The predicted molar refractivity (Wildman–Crippen MR) is 122 cm³/mol. The molecule has 0 aromatic heterocycles. The summed E-state index contributed by atoms with van der Waals surface area (Å²) in [5, 5.41) is 0. The highest BCUT2D eigenvalue weighted by molar-refractivity contribution is 6.33. The van der Waals surface area contributed by atoms with Crippen LogP contribution in [-0.4, -0.2) is 18.3 Å². The van der Waals surface area contributed by atoms with Crippen molar-refractivity contribution in [1.82, 2.24) is 0 Å². The van der Waals surface area contributed by atoms with E-state index in [0.29, 0.717) is 18.1 Å². The molecule has 4 nitrogen and oxygen atoms in total. The lowest BCUT2D eigenvalue weighted by Crippen LogP contribution is -2.32. The highest BCUT2D eigenvalue weighted by atomic mass is 16.5. The Bertz CT molecular complexity index is 1140. The van der Waals surface area contributed by atoms with Gasteiger partial charge in [-0.05, 0) is 68.3 Å². The number of anilines is 1. The molecular weight excluding hydrogens is 372 g/mol. The van der Waals surface area contributed by atoms with E-state index in [1.807, 2.05) is 93.6 Å². The van der Waals surface area contributed by atoms with Crippen LogP contribution < -0.4 is 9.64 Å². The first-order valence-corrected chi connectivity index (χ1v) is 10.1. The zero-order valence-electron chi connectivity index (χ0n) is 17.4. The Kier molecular flexibility index (Phi) is 5.48. The van der Waals surface area contributed by atoms with Gasteiger partial charge in [0, 0.05) is 5.56 Å². The summed E-state index contributed by atoms with van der Waals surface area (Å²) in [7, 11) is 0. The van der Waals surface area contributed by atoms with Gasteiger partial charge in [0.05, 0.1) is 12.3 Å². The number of aryl methyl sites for hydroxylation is 2. The summed E-state index contributed by atoms with van der Waals surface area (Å²) >= 11 is 0. The molecule has 3 aromatic rings. The molecule has 0 saturated heterocycles. The summed E-state index contributed by atoms with van der Waals surface area (Å²) in [5.74, 6) is 1.32. The summed E-state index contributed by atoms with van der Waals surface area (Å²) < 4.78 is 5.50. The lowest BCUT2D eigenvalue weighted by atomic mass is 10.1. The van der Waals surface area contributed by atoms with Crippen molar-refractivity contribution in [2.45, 2.75) is 20.8 Å². The molecule has 30 heavy (non-hydrogen) atoms. The van der Waals surface area contributed by atoms with Gasteiger partial charge in [0.1, 0.15) is 17.3 Å². The van der Waals surface area contributed by atoms with Gasteiger partial charge in [0.25, 0.3) is 5.91 Å². The standard InChI is InChI=1S/C26H24N2O2/c1-4-30-23-13-11-20(12-14-23)17-24-26(29)28(22-10-6-8-19(3)16-22)25(27-24)21-9-5-7-18(2)15-21/h5-17H,4H2,1-3H3/b24-17+. The third kappa shape index (κ3) is 4.03. The van der Waals surface area contributed by atoms with Crippen molar-refractivity contribution in [2.75, 3.05) is 11.5 Å². The van der Waals surface area contributed by atoms with E-state index in [9.17, 15) is 4.79 Å². The number of hydrogen-bond donors (Lipinski definition) is 0. The number of ether oxygens (including phenoxy) is 1. The maximum Gasteiger partial charge on any atom is 0.282 e. The fourth-order valence-corrected chi connectivity index (χ4v) is 3.49. The van der Waals surface area contributed by atoms with E-state index in [2.05, 4.69) is 6.07 Å². The largest absolute Gasteiger partial charge is 0.494 e. The van der Waals surface area contributed by atoms with Gasteiger partial charge in [-0.15, -0.1) is 0 Å². The minimum Gasteiger partial charge on any atom is -0.494 e. The second-order valence-electron chi connectivity index (χ2n) is 7.32. The number of carbonyl (C=O) groups is 1. The lowest BCUT2D eigenvalue weighted by molar-refractivity contribution is -0.113. The number of carbonyl (C=O) groups excluding carboxylic acids is 1. The highest BCUT2D eigenvalue weighted by Crippen LogP contribution is 2.29. The summed E-state index contributed by atoms with van der Waals surface area (Å²) in [6, 6.07) is 23.6. The zero-order chi connectivity index (χ0) is 21.1. The first-order chi connectivity index (χ1) is 14.5. The number of benzene rings is 3. The Morgan fingerprint density at radius 3 is 2.30 bits per heavy atom. The number of rotatable bonds is 5. The molecule has 1 heterocycles. The lowest BCUT2D eigenvalue weighted by Gasteiger charge is -2.19. The maximum atomic E-state index is 13.4. The zero-order valence-corrected chi connectivity index (χ0v) is 17.4. The van der Waals surface area contributed by atoms with Crippen LogP contribution in [0.5, 0.6) is 5.75 Å². The Balaban J connectivity index is 1.77. The minimum absolute atomic E-state index is 0.133. The van der Waals surface area contributed by atoms with Crippen LogP contribution in [0.25, 0.3) is 6.08 Å². The van der Waals surface area contributed by atoms with E-state index in [4.69, 9.17) is 9.73 Å². The third-order valence-corrected chi connectivity index (χ3v) is 4.89. The van der Waals surface area contributed by atoms with Crippen LogP contribution in [0, 0.1) is 13.8 Å². The van der Waals surface area contributed by atoms with Crippen LogP contribution in [0.3, 0.4) is 0 Å². The molecule has 4 heteroatoms. The van der Waals surface area contributed by atoms with Gasteiger partial charge in [-0.3, -0.25) is 9.69 Å². The Morgan fingerprint density at radius 2 is 1.63 bits per heavy atom. The van der Waals surface area contributed by atoms with Gasteiger partial charge >= 0.3 is 0 Å². The van der Waals surface area contributed by atoms with Gasteiger partial charge in [0.2, 0.25) is 0 Å². The summed E-state index contributed by atoms with van der Waals surface area (Å²) in [6.45, 7) is 6.63. The van der Waals surface area contributed by atoms with Gasteiger partial charge in [-0.2, -0.15) is 0 Å². The Hall–Kier alpha value is -3.66. The molecule has 0 spiro atoms. The molecule has 0 unspecified atom stereocenters. The molecule has 3 aromatic carbocycles. The smallest absolute Gasteiger partial charge is 0.282 e. The molecule has 1 aliphatic heterocycles. The molecule has 0 fully saturated rings. The monoisotopic (exact) mass is 396 g/mol. The number of hydrogen-bond acceptors (Lipinski definition) is 3. The molecule has 0 saturated carbocycles. The number of aliphatic imine (C=N–C) groups is 1. The van der Waals surface area contributed by atoms with E-state index < -0.39 is 0 Å². The molecule has 0 aliphatic carbocycles. The van der Waals surface area contributed by atoms with E-state index in [-0.39, 0.29) is 5.91 Å². The number of nitrogens with zero attached hydrogens (tertiary/aromatic N) is 2. The molecule has 0 bridgehead atoms. The van der Waals surface area contributed by atoms with Crippen LogP contribution in [0.15, 0.2) is 83.5 Å². The summed E-state index contributed by atoms with van der Waals surface area (Å²) in [4.78, 5) is 19.8. The molecule has 0 radical (unpaired) electrons. The van der Waals surface area contributed by atoms with Crippen molar-refractivity contribution >= 4 is 23.5 Å². The van der Waals surface area contributed by atoms with Crippen molar-refractivity contribution in [3.8, 4) is 5.75 Å². The van der Waals surface area contributed by atoms with Crippen LogP contribution >= 0.6 is 0 Å². The number of amides is 1. The summed E-state index contributed by atoms with van der Waals surface area (Å²) in [5.41, 5.74) is 5.26. The molecule has 0 N–H and O–H groups in total. The summed E-state index contributed by atoms with van der Waals surface area (Å²) in [6.07, 6.45) is 1.82. The molecule has 1 aliphatic rings. The van der Waals surface area contributed by atoms with E-state index in [1.165, 1.54) is 0 Å². The normalized spacial score (nSPS) is 14.9. The predicted octanol–water partition coefficient (Wildman–Crippen LogP) is 5.54. The van der Waals surface area contributed by atoms with E-state index >= 15 is 0 Å². The van der Waals surface area contributed by atoms with Gasteiger partial charge in [0.15, 0.2) is 0 Å². The fraction of sp³-hybridized carbons (Fsp3) is 0.154. The topological polar surface area (TPSA) is 41.9 Å². The maximum absolute atomic E-state index is 13.4. The molecule has 150 valence electrons. The van der Waals surface area contributed by atoms with Crippen molar-refractivity contribution in [1.29, 1.82) is 0 Å². The minimum atomic E-state index is -0.133. The highest BCUT2D eigenvalue weighted by Gasteiger charge is 2.32. The molecule has 4 rings (SSSR count). The van der Waals surface area contributed by atoms with Crippen LogP contribution in [0.4, 0.5) is 5.69 Å². The SMILES string of the molecule is CCOc1ccc(/C=C2/N=C(c3cccc(C)c3)N(c3cccc(C)c3)C2=O)cc1. The molecular formula is C26H24N2O2. The van der Waals surface area contributed by atoms with Crippen LogP contribution in [0.1, 0.15) is 29.2 Å². The van der Waals surface area contributed by atoms with Crippen molar-refractivity contribution in [2.24, 2.45) is 4.99 Å². The van der Waals surface area contributed by atoms with Gasteiger partial charge < -0.3 is 4.74 Å². The van der Waals surface area contributed by atoms with Gasteiger partial charge in [-0.25, -0.2) is 4.99 Å². The van der Waals surface area contributed by atoms with Crippen molar-refractivity contribution in [3.63, 3.8) is 0 Å². The second kappa shape index (κ2) is 8.37. The van der Waals surface area contributed by atoms with E-state index in [0.717, 1.165) is 33.7 Å². The van der Waals surface area contributed by atoms with Gasteiger partial charge in [-0.1, -0.05) is 48.0 Å². The van der Waals surface area contributed by atoms with Crippen molar-refractivity contribution < 1.29 is 9.53 Å². The average molecular weight is 396 g/mol. The Labute approximate surface area is 177 Å². The first-order valence-electron chi connectivity index (χ1n) is 10.1. The number of amidine groups is 1. The van der Waals surface area contributed by atoms with Crippen LogP contribution in [-0.2, 0) is 4.79 Å². The quantitative estimate of drug-likeness (QED) is 0.532.